The lowest BCUT2D eigenvalue weighted by Crippen LogP contribution is -2.56. The summed E-state index contributed by atoms with van der Waals surface area (Å²) >= 11 is 0. The first-order chi connectivity index (χ1) is 16.4. The molecule has 0 saturated heterocycles. The van der Waals surface area contributed by atoms with Crippen LogP contribution < -0.4 is 38.9 Å². The van der Waals surface area contributed by atoms with Gasteiger partial charge in [0, 0.05) is 13.0 Å². The first-order valence-corrected chi connectivity index (χ1v) is 11.3. The van der Waals surface area contributed by atoms with Crippen molar-refractivity contribution in [3.8, 4) is 0 Å². The Kier molecular flexibility index (Phi) is 15.4. The molecule has 0 aliphatic carbocycles. The molecule has 0 saturated carbocycles. The van der Waals surface area contributed by atoms with Gasteiger partial charge in [-0.1, -0.05) is 6.42 Å². The SMILES string of the molecule is CC(NC(=O)C(N)CCCCN)C(=O)NC(CCCN=C(N)N)C(=O)NC(CCC(=O)O)C(=O)O. The van der Waals surface area contributed by atoms with Crippen LogP contribution in [0.15, 0.2) is 4.99 Å². The Balaban J connectivity index is 5.21. The van der Waals surface area contributed by atoms with Crippen molar-refractivity contribution in [3.63, 3.8) is 0 Å². The second-order valence-corrected chi connectivity index (χ2v) is 7.96. The van der Waals surface area contributed by atoms with Crippen molar-refractivity contribution >= 4 is 35.6 Å². The summed E-state index contributed by atoms with van der Waals surface area (Å²) in [4.78, 5) is 63.5. The molecule has 3 amide bonds. The molecule has 4 atom stereocenters. The number of carbonyl (C=O) groups is 5. The number of nitrogens with zero attached hydrogens (tertiary/aromatic N) is 1. The molecule has 0 radical (unpaired) electrons. The van der Waals surface area contributed by atoms with Crippen molar-refractivity contribution in [2.45, 2.75) is 76.0 Å². The van der Waals surface area contributed by atoms with E-state index in [1.807, 2.05) is 0 Å². The predicted molar refractivity (Wildman–Crippen MR) is 127 cm³/mol. The second-order valence-electron chi connectivity index (χ2n) is 7.96. The third kappa shape index (κ3) is 14.4. The van der Waals surface area contributed by atoms with Crippen molar-refractivity contribution in [1.82, 2.24) is 16.0 Å². The van der Waals surface area contributed by atoms with E-state index in [1.54, 1.807) is 0 Å². The first kappa shape index (κ1) is 31.5. The number of hydrogen-bond donors (Lipinski definition) is 9. The van der Waals surface area contributed by atoms with Crippen LogP contribution in [0.1, 0.15) is 51.9 Å². The topological polar surface area (TPSA) is 278 Å². The molecule has 0 aliphatic heterocycles. The van der Waals surface area contributed by atoms with Gasteiger partial charge in [0.1, 0.15) is 18.1 Å². The molecule has 0 aromatic rings. The minimum atomic E-state index is -1.47. The minimum absolute atomic E-state index is 0.0406. The highest BCUT2D eigenvalue weighted by Crippen LogP contribution is 2.04. The molecule has 0 fully saturated rings. The van der Waals surface area contributed by atoms with Crippen molar-refractivity contribution < 1.29 is 34.2 Å². The average Bonchev–Trinajstić information content (AvgIpc) is 2.77. The molecule has 0 heterocycles. The van der Waals surface area contributed by atoms with Gasteiger partial charge >= 0.3 is 11.9 Å². The molecule has 200 valence electrons. The summed E-state index contributed by atoms with van der Waals surface area (Å²) in [5.74, 6) is -4.88. The van der Waals surface area contributed by atoms with Gasteiger partial charge in [0.2, 0.25) is 17.7 Å². The lowest BCUT2D eigenvalue weighted by molar-refractivity contribution is -0.143. The number of guanidine groups is 1. The molecule has 15 heteroatoms. The lowest BCUT2D eigenvalue weighted by Gasteiger charge is -2.23. The van der Waals surface area contributed by atoms with Gasteiger partial charge in [-0.25, -0.2) is 4.79 Å². The first-order valence-electron chi connectivity index (χ1n) is 11.3. The Bertz CT molecular complexity index is 758. The highest BCUT2D eigenvalue weighted by molar-refractivity contribution is 5.93. The van der Waals surface area contributed by atoms with Gasteiger partial charge in [0.05, 0.1) is 6.04 Å². The fourth-order valence-corrected chi connectivity index (χ4v) is 2.89. The molecule has 15 nitrogen and oxygen atoms in total. The van der Waals surface area contributed by atoms with Crippen LogP contribution in [0.4, 0.5) is 0 Å². The van der Waals surface area contributed by atoms with Crippen molar-refractivity contribution in [2.24, 2.45) is 27.9 Å². The third-order valence-electron chi connectivity index (χ3n) is 4.90. The third-order valence-corrected chi connectivity index (χ3v) is 4.90. The minimum Gasteiger partial charge on any atom is -0.481 e. The molecule has 35 heavy (non-hydrogen) atoms. The Morgan fingerprint density at radius 3 is 2.00 bits per heavy atom. The summed E-state index contributed by atoms with van der Waals surface area (Å²) in [6.45, 7) is 2.02. The summed E-state index contributed by atoms with van der Waals surface area (Å²) in [5, 5.41) is 25.2. The van der Waals surface area contributed by atoms with Crippen molar-refractivity contribution in [3.05, 3.63) is 0 Å². The largest absolute Gasteiger partial charge is 0.481 e. The Morgan fingerprint density at radius 2 is 1.46 bits per heavy atom. The fourth-order valence-electron chi connectivity index (χ4n) is 2.89. The maximum absolute atomic E-state index is 12.7. The van der Waals surface area contributed by atoms with Crippen LogP contribution in [0.2, 0.25) is 0 Å². The number of carbonyl (C=O) groups excluding carboxylic acids is 3. The molecule has 0 aromatic carbocycles. The highest BCUT2D eigenvalue weighted by Gasteiger charge is 2.28. The van der Waals surface area contributed by atoms with E-state index in [1.165, 1.54) is 6.92 Å². The predicted octanol–water partition coefficient (Wildman–Crippen LogP) is -3.08. The summed E-state index contributed by atoms with van der Waals surface area (Å²) in [5.41, 5.74) is 21.8. The van der Waals surface area contributed by atoms with Gasteiger partial charge in [-0.15, -0.1) is 0 Å². The number of unbranched alkanes of at least 4 members (excludes halogenated alkanes) is 1. The van der Waals surface area contributed by atoms with E-state index >= 15 is 0 Å². The Labute approximate surface area is 203 Å². The zero-order chi connectivity index (χ0) is 27.0. The summed E-state index contributed by atoms with van der Waals surface area (Å²) < 4.78 is 0. The quantitative estimate of drug-likeness (QED) is 0.0514. The number of nitrogens with one attached hydrogen (secondary N) is 3. The van der Waals surface area contributed by atoms with E-state index in [0.29, 0.717) is 25.8 Å². The van der Waals surface area contributed by atoms with Crippen LogP contribution in [0, 0.1) is 0 Å². The van der Waals surface area contributed by atoms with Crippen LogP contribution in [-0.4, -0.2) is 83.1 Å². The van der Waals surface area contributed by atoms with Gasteiger partial charge in [-0.3, -0.25) is 24.2 Å². The molecular formula is C20H38N8O7. The molecule has 4 unspecified atom stereocenters. The van der Waals surface area contributed by atoms with E-state index in [4.69, 9.17) is 28.0 Å². The van der Waals surface area contributed by atoms with Crippen LogP contribution in [0.3, 0.4) is 0 Å². The van der Waals surface area contributed by atoms with E-state index in [2.05, 4.69) is 20.9 Å². The number of rotatable bonds is 18. The van der Waals surface area contributed by atoms with Crippen molar-refractivity contribution in [2.75, 3.05) is 13.1 Å². The normalized spacial score (nSPS) is 14.0. The van der Waals surface area contributed by atoms with Crippen LogP contribution in [0.5, 0.6) is 0 Å². The summed E-state index contributed by atoms with van der Waals surface area (Å²) in [6.07, 6.45) is 1.22. The molecule has 0 rings (SSSR count). The van der Waals surface area contributed by atoms with E-state index in [0.717, 1.165) is 0 Å². The molecule has 13 N–H and O–H groups in total. The second kappa shape index (κ2) is 17.0. The molecule has 0 spiro atoms. The van der Waals surface area contributed by atoms with Crippen LogP contribution >= 0.6 is 0 Å². The Morgan fingerprint density at radius 1 is 0.829 bits per heavy atom. The Hall–Kier alpha value is -3.46. The molecule has 0 aromatic heterocycles. The van der Waals surface area contributed by atoms with Crippen LogP contribution in [0.25, 0.3) is 0 Å². The van der Waals surface area contributed by atoms with E-state index in [9.17, 15) is 29.1 Å². The van der Waals surface area contributed by atoms with E-state index in [-0.39, 0.29) is 31.8 Å². The van der Waals surface area contributed by atoms with E-state index < -0.39 is 60.2 Å². The number of hydrogen-bond acceptors (Lipinski definition) is 8. The van der Waals surface area contributed by atoms with Gasteiger partial charge < -0.3 is 49.1 Å². The number of carboxylic acids is 2. The number of nitrogens with two attached hydrogens (primary N) is 4. The number of carboxylic acid groups (broad SMARTS) is 2. The van der Waals surface area contributed by atoms with Crippen molar-refractivity contribution in [1.29, 1.82) is 0 Å². The molecular weight excluding hydrogens is 464 g/mol. The standard InChI is InChI=1S/C20H38N8O7/c1-11(26-17(32)12(22)5-2-3-9-21)16(31)27-13(6-4-10-25-20(23)24)18(33)28-14(19(34)35)7-8-15(29)30/h11-14H,2-10,21-22H2,1H3,(H,26,32)(H,27,31)(H,28,33)(H,29,30)(H,34,35)(H4,23,24,25). The zero-order valence-corrected chi connectivity index (χ0v) is 19.9. The number of aliphatic carboxylic acids is 2. The summed E-state index contributed by atoms with van der Waals surface area (Å²) in [7, 11) is 0. The lowest BCUT2D eigenvalue weighted by atomic mass is 10.1. The number of amides is 3. The maximum Gasteiger partial charge on any atom is 0.326 e. The smallest absolute Gasteiger partial charge is 0.326 e. The monoisotopic (exact) mass is 502 g/mol. The van der Waals surface area contributed by atoms with Gasteiger partial charge in [0.25, 0.3) is 0 Å². The molecule has 0 aliphatic rings. The van der Waals surface area contributed by atoms with Gasteiger partial charge in [-0.05, 0) is 45.6 Å². The molecule has 0 bridgehead atoms. The van der Waals surface area contributed by atoms with Crippen LogP contribution in [-0.2, 0) is 24.0 Å². The van der Waals surface area contributed by atoms with Gasteiger partial charge in [-0.2, -0.15) is 0 Å². The highest BCUT2D eigenvalue weighted by atomic mass is 16.4. The summed E-state index contributed by atoms with van der Waals surface area (Å²) in [6, 6.07) is -4.54. The fraction of sp³-hybridized carbons (Fsp3) is 0.700. The van der Waals surface area contributed by atoms with Gasteiger partial charge in [0.15, 0.2) is 5.96 Å². The zero-order valence-electron chi connectivity index (χ0n) is 19.9. The average molecular weight is 503 g/mol. The maximum atomic E-state index is 12.7. The number of aliphatic imine (C=N–C) groups is 1.